The van der Waals surface area contributed by atoms with Gasteiger partial charge in [0.15, 0.2) is 11.5 Å². The molecule has 1 aromatic carbocycles. The molecule has 0 N–H and O–H groups in total. The van der Waals surface area contributed by atoms with Crippen LogP contribution >= 0.6 is 0 Å². The van der Waals surface area contributed by atoms with Gasteiger partial charge in [-0.05, 0) is 6.07 Å². The van der Waals surface area contributed by atoms with Crippen molar-refractivity contribution in [2.75, 3.05) is 0 Å². The van der Waals surface area contributed by atoms with Crippen LogP contribution in [0.15, 0.2) is 23.1 Å². The zero-order valence-electron chi connectivity index (χ0n) is 7.17. The third kappa shape index (κ3) is 1.22. The number of aromatic nitrogens is 1. The number of hydrogen-bond acceptors (Lipinski definition) is 2. The fourth-order valence-corrected chi connectivity index (χ4v) is 1.24. The Labute approximate surface area is 74.7 Å². The highest BCUT2D eigenvalue weighted by Crippen LogP contribution is 2.20. The molecule has 13 heavy (non-hydrogen) atoms. The summed E-state index contributed by atoms with van der Waals surface area (Å²) in [7, 11) is 0. The van der Waals surface area contributed by atoms with Crippen molar-refractivity contribution in [3.8, 4) is 0 Å². The molecule has 0 aliphatic carbocycles. The van der Waals surface area contributed by atoms with Crippen LogP contribution in [0.25, 0.3) is 17.2 Å². The summed E-state index contributed by atoms with van der Waals surface area (Å²) in [6.45, 7) is 5.23. The largest absolute Gasteiger partial charge is 0.441 e. The van der Waals surface area contributed by atoms with Gasteiger partial charge in [0.2, 0.25) is 0 Å². The summed E-state index contributed by atoms with van der Waals surface area (Å²) in [6.07, 6.45) is 1.46. The molecule has 3 heteroatoms. The Morgan fingerprint density at radius 2 is 2.31 bits per heavy atom. The fourth-order valence-electron chi connectivity index (χ4n) is 1.24. The molecule has 66 valence electrons. The lowest BCUT2D eigenvalue weighted by molar-refractivity contribution is 0.555. The highest BCUT2D eigenvalue weighted by molar-refractivity contribution is 5.76. The monoisotopic (exact) mass is 177 g/mol. The zero-order valence-corrected chi connectivity index (χ0v) is 7.17. The molecule has 0 atom stereocenters. The van der Waals surface area contributed by atoms with E-state index in [1.807, 2.05) is 0 Å². The summed E-state index contributed by atoms with van der Waals surface area (Å²) in [6, 6.07) is 2.94. The van der Waals surface area contributed by atoms with E-state index in [4.69, 9.17) is 4.42 Å². The number of aryl methyl sites for hydroxylation is 1. The maximum atomic E-state index is 13.2. The molecular weight excluding hydrogens is 169 g/mol. The Morgan fingerprint density at radius 3 is 3.00 bits per heavy atom. The molecule has 0 aliphatic heterocycles. The highest BCUT2D eigenvalue weighted by atomic mass is 19.1. The maximum absolute atomic E-state index is 13.2. The van der Waals surface area contributed by atoms with Gasteiger partial charge >= 0.3 is 0 Å². The van der Waals surface area contributed by atoms with E-state index in [2.05, 4.69) is 11.6 Å². The Bertz CT molecular complexity index is 473. The van der Waals surface area contributed by atoms with Crippen molar-refractivity contribution in [1.29, 1.82) is 0 Å². The van der Waals surface area contributed by atoms with Gasteiger partial charge < -0.3 is 4.42 Å². The first kappa shape index (κ1) is 7.98. The van der Waals surface area contributed by atoms with Gasteiger partial charge in [-0.1, -0.05) is 12.7 Å². The van der Waals surface area contributed by atoms with Crippen molar-refractivity contribution in [3.05, 3.63) is 36.0 Å². The first-order valence-corrected chi connectivity index (χ1v) is 3.90. The number of fused-ring (bicyclic) bond motifs is 1. The number of oxazole rings is 1. The van der Waals surface area contributed by atoms with Crippen molar-refractivity contribution in [2.24, 2.45) is 0 Å². The molecule has 0 amide bonds. The van der Waals surface area contributed by atoms with Crippen LogP contribution in [0.4, 0.5) is 4.39 Å². The Kier molecular flexibility index (Phi) is 1.65. The molecule has 0 saturated carbocycles. The van der Waals surface area contributed by atoms with Gasteiger partial charge in [-0.2, -0.15) is 0 Å². The number of benzene rings is 1. The van der Waals surface area contributed by atoms with E-state index in [1.165, 1.54) is 12.1 Å². The van der Waals surface area contributed by atoms with Gasteiger partial charge in [-0.25, -0.2) is 9.37 Å². The molecule has 0 fully saturated rings. The third-order valence-corrected chi connectivity index (χ3v) is 1.83. The van der Waals surface area contributed by atoms with E-state index in [0.29, 0.717) is 22.6 Å². The minimum absolute atomic E-state index is 0.335. The van der Waals surface area contributed by atoms with Crippen LogP contribution in [0.5, 0.6) is 0 Å². The second kappa shape index (κ2) is 2.69. The first-order chi connectivity index (χ1) is 6.20. The van der Waals surface area contributed by atoms with Crippen molar-refractivity contribution >= 4 is 17.2 Å². The van der Waals surface area contributed by atoms with Crippen LogP contribution in [-0.2, 0) is 0 Å². The fraction of sp³-hybridized carbons (Fsp3) is 0.100. The van der Waals surface area contributed by atoms with Gasteiger partial charge in [0.25, 0.3) is 0 Å². The molecule has 2 nitrogen and oxygen atoms in total. The molecule has 0 bridgehead atoms. The summed E-state index contributed by atoms with van der Waals surface area (Å²) in [5.74, 6) is 0.203. The molecule has 0 unspecified atom stereocenters. The number of nitrogens with zero attached hydrogens (tertiary/aromatic N) is 1. The molecule has 2 aromatic rings. The van der Waals surface area contributed by atoms with Gasteiger partial charge in [-0.3, -0.25) is 0 Å². The van der Waals surface area contributed by atoms with Crippen LogP contribution in [0.2, 0.25) is 0 Å². The minimum atomic E-state index is -0.335. The lowest BCUT2D eigenvalue weighted by Crippen LogP contribution is -1.80. The standard InChI is InChI=1S/C10H8FNO/c1-3-7-4-9-10(5-8(7)11)13-6(2)12-9/h3-5H,1H2,2H3. The van der Waals surface area contributed by atoms with Crippen LogP contribution in [0, 0.1) is 12.7 Å². The average Bonchev–Trinajstić information content (AvgIpc) is 2.42. The Balaban J connectivity index is 2.79. The predicted molar refractivity (Wildman–Crippen MR) is 48.8 cm³/mol. The second-order valence-corrected chi connectivity index (χ2v) is 2.78. The molecule has 0 radical (unpaired) electrons. The van der Waals surface area contributed by atoms with E-state index >= 15 is 0 Å². The summed E-state index contributed by atoms with van der Waals surface area (Å²) in [5, 5.41) is 0. The molecule has 0 saturated heterocycles. The van der Waals surface area contributed by atoms with Crippen LogP contribution < -0.4 is 0 Å². The molecule has 2 rings (SSSR count). The van der Waals surface area contributed by atoms with Gasteiger partial charge in [0.05, 0.1) is 0 Å². The molecule has 1 heterocycles. The normalized spacial score (nSPS) is 10.6. The van der Waals surface area contributed by atoms with E-state index in [-0.39, 0.29) is 5.82 Å². The van der Waals surface area contributed by atoms with Gasteiger partial charge in [-0.15, -0.1) is 0 Å². The molecule has 1 aromatic heterocycles. The first-order valence-electron chi connectivity index (χ1n) is 3.90. The maximum Gasteiger partial charge on any atom is 0.192 e. The van der Waals surface area contributed by atoms with Crippen molar-refractivity contribution in [1.82, 2.24) is 4.98 Å². The van der Waals surface area contributed by atoms with E-state index in [9.17, 15) is 4.39 Å². The number of rotatable bonds is 1. The molecule has 0 aliphatic rings. The lowest BCUT2D eigenvalue weighted by atomic mass is 10.2. The van der Waals surface area contributed by atoms with Crippen molar-refractivity contribution in [3.63, 3.8) is 0 Å². The highest BCUT2D eigenvalue weighted by Gasteiger charge is 2.06. The smallest absolute Gasteiger partial charge is 0.192 e. The SMILES string of the molecule is C=Cc1cc2nc(C)oc2cc1F. The van der Waals surface area contributed by atoms with Crippen molar-refractivity contribution < 1.29 is 8.81 Å². The number of hydrogen-bond donors (Lipinski definition) is 0. The minimum Gasteiger partial charge on any atom is -0.441 e. The Hall–Kier alpha value is -1.64. The average molecular weight is 177 g/mol. The van der Waals surface area contributed by atoms with Crippen LogP contribution in [0.1, 0.15) is 11.5 Å². The third-order valence-electron chi connectivity index (χ3n) is 1.83. The Morgan fingerprint density at radius 1 is 1.54 bits per heavy atom. The van der Waals surface area contributed by atoms with Gasteiger partial charge in [0, 0.05) is 18.6 Å². The summed E-state index contributed by atoms with van der Waals surface area (Å²) >= 11 is 0. The lowest BCUT2D eigenvalue weighted by Gasteiger charge is -1.93. The topological polar surface area (TPSA) is 26.0 Å². The van der Waals surface area contributed by atoms with E-state index < -0.39 is 0 Å². The quantitative estimate of drug-likeness (QED) is 0.669. The van der Waals surface area contributed by atoms with E-state index in [1.54, 1.807) is 13.0 Å². The van der Waals surface area contributed by atoms with Gasteiger partial charge in [0.1, 0.15) is 11.3 Å². The predicted octanol–water partition coefficient (Wildman–Crippen LogP) is 2.92. The molecule has 0 spiro atoms. The van der Waals surface area contributed by atoms with Crippen LogP contribution in [-0.4, -0.2) is 4.98 Å². The molecular formula is C10H8FNO. The van der Waals surface area contributed by atoms with Crippen molar-refractivity contribution in [2.45, 2.75) is 6.92 Å². The zero-order chi connectivity index (χ0) is 9.42. The van der Waals surface area contributed by atoms with Crippen LogP contribution in [0.3, 0.4) is 0 Å². The number of halogens is 1. The van der Waals surface area contributed by atoms with E-state index in [0.717, 1.165) is 0 Å². The summed E-state index contributed by atoms with van der Waals surface area (Å²) < 4.78 is 18.3. The summed E-state index contributed by atoms with van der Waals surface area (Å²) in [5.41, 5.74) is 1.58. The summed E-state index contributed by atoms with van der Waals surface area (Å²) in [4.78, 5) is 4.08. The second-order valence-electron chi connectivity index (χ2n) is 2.78.